The van der Waals surface area contributed by atoms with Crippen molar-refractivity contribution in [3.05, 3.63) is 29.8 Å². The van der Waals surface area contributed by atoms with Gasteiger partial charge in [0.1, 0.15) is 0 Å². The van der Waals surface area contributed by atoms with Crippen molar-refractivity contribution < 1.29 is 4.79 Å². The number of benzene rings is 1. The minimum Gasteiger partial charge on any atom is -0.368 e. The van der Waals surface area contributed by atoms with Crippen LogP contribution in [0.5, 0.6) is 0 Å². The molecule has 0 aliphatic carbocycles. The summed E-state index contributed by atoms with van der Waals surface area (Å²) in [5.74, 6) is 0.506. The number of nitrogens with zero attached hydrogens (tertiary/aromatic N) is 1. The van der Waals surface area contributed by atoms with E-state index in [-0.39, 0.29) is 5.41 Å². The molecule has 23 heavy (non-hydrogen) atoms. The smallest absolute Gasteiger partial charge is 0.207 e. The highest BCUT2D eigenvalue weighted by molar-refractivity contribution is 5.50. The molecule has 1 amide bonds. The Morgan fingerprint density at radius 1 is 1.30 bits per heavy atom. The van der Waals surface area contributed by atoms with Gasteiger partial charge in [-0.15, -0.1) is 0 Å². The highest BCUT2D eigenvalue weighted by Crippen LogP contribution is 2.39. The Balaban J connectivity index is 2.12. The van der Waals surface area contributed by atoms with Crippen molar-refractivity contribution in [2.24, 2.45) is 11.3 Å². The van der Waals surface area contributed by atoms with E-state index in [0.29, 0.717) is 12.0 Å². The normalized spacial score (nSPS) is 23.6. The molecule has 3 heteroatoms. The van der Waals surface area contributed by atoms with Gasteiger partial charge in [-0.25, -0.2) is 0 Å². The van der Waals surface area contributed by atoms with Crippen molar-refractivity contribution >= 4 is 12.1 Å². The molecular weight excluding hydrogens is 284 g/mol. The Bertz CT molecular complexity index is 495. The molecule has 1 saturated heterocycles. The third-order valence-corrected chi connectivity index (χ3v) is 5.44. The largest absolute Gasteiger partial charge is 0.368 e. The van der Waals surface area contributed by atoms with Gasteiger partial charge in [0, 0.05) is 24.8 Å². The first kappa shape index (κ1) is 17.8. The van der Waals surface area contributed by atoms with Gasteiger partial charge < -0.3 is 10.2 Å². The van der Waals surface area contributed by atoms with Gasteiger partial charge in [-0.05, 0) is 55.2 Å². The number of unbranched alkanes of at least 4 members (excludes halogenated alkanes) is 1. The first-order chi connectivity index (χ1) is 11.0. The van der Waals surface area contributed by atoms with Crippen LogP contribution in [-0.4, -0.2) is 25.5 Å². The summed E-state index contributed by atoms with van der Waals surface area (Å²) in [6.45, 7) is 11.0. The van der Waals surface area contributed by atoms with E-state index < -0.39 is 0 Å². The van der Waals surface area contributed by atoms with E-state index in [9.17, 15) is 4.79 Å². The van der Waals surface area contributed by atoms with Gasteiger partial charge in [0.15, 0.2) is 0 Å². The minimum atomic E-state index is 0.244. The standard InChI is InChI=1S/C20H32N2O/c1-5-6-7-17-8-10-19(11-9-17)22-14-18(13-21-15-23)12-20(3,4)16(22)2/h8-11,15-16,18H,5-7,12-14H2,1-4H3,(H,21,23). The summed E-state index contributed by atoms with van der Waals surface area (Å²) >= 11 is 0. The number of hydrogen-bond donors (Lipinski definition) is 1. The zero-order chi connectivity index (χ0) is 16.9. The number of anilines is 1. The zero-order valence-corrected chi connectivity index (χ0v) is 15.1. The number of hydrogen-bond acceptors (Lipinski definition) is 2. The molecule has 0 spiro atoms. The summed E-state index contributed by atoms with van der Waals surface area (Å²) in [6, 6.07) is 9.59. The Morgan fingerprint density at radius 2 is 2.00 bits per heavy atom. The molecule has 0 saturated carbocycles. The molecule has 1 aliphatic rings. The fraction of sp³-hybridized carbons (Fsp3) is 0.650. The van der Waals surface area contributed by atoms with Crippen LogP contribution in [0, 0.1) is 11.3 Å². The lowest BCUT2D eigenvalue weighted by molar-refractivity contribution is -0.109. The SMILES string of the molecule is CCCCc1ccc(N2CC(CNC=O)CC(C)(C)C2C)cc1. The summed E-state index contributed by atoms with van der Waals surface area (Å²) in [5.41, 5.74) is 2.98. The van der Waals surface area contributed by atoms with E-state index in [1.54, 1.807) is 0 Å². The molecular formula is C20H32N2O. The van der Waals surface area contributed by atoms with E-state index in [1.807, 2.05) is 0 Å². The van der Waals surface area contributed by atoms with Crippen molar-refractivity contribution in [2.45, 2.75) is 59.4 Å². The molecule has 0 aromatic heterocycles. The number of amides is 1. The van der Waals surface area contributed by atoms with Gasteiger partial charge in [0.2, 0.25) is 6.41 Å². The predicted molar refractivity (Wildman–Crippen MR) is 97.8 cm³/mol. The van der Waals surface area contributed by atoms with Crippen LogP contribution < -0.4 is 10.2 Å². The van der Waals surface area contributed by atoms with Gasteiger partial charge in [-0.3, -0.25) is 4.79 Å². The Morgan fingerprint density at radius 3 is 2.61 bits per heavy atom. The van der Waals surface area contributed by atoms with Gasteiger partial charge in [-0.2, -0.15) is 0 Å². The summed E-state index contributed by atoms with van der Waals surface area (Å²) in [5, 5.41) is 2.87. The zero-order valence-electron chi connectivity index (χ0n) is 15.1. The van der Waals surface area contributed by atoms with Crippen molar-refractivity contribution in [1.82, 2.24) is 5.32 Å². The lowest BCUT2D eigenvalue weighted by Crippen LogP contribution is -2.53. The second-order valence-electron chi connectivity index (χ2n) is 7.68. The summed E-state index contributed by atoms with van der Waals surface area (Å²) < 4.78 is 0. The van der Waals surface area contributed by atoms with Gasteiger partial charge in [0.05, 0.1) is 0 Å². The quantitative estimate of drug-likeness (QED) is 0.771. The van der Waals surface area contributed by atoms with Crippen molar-refractivity contribution in [1.29, 1.82) is 0 Å². The monoisotopic (exact) mass is 316 g/mol. The van der Waals surface area contributed by atoms with E-state index in [0.717, 1.165) is 25.9 Å². The molecule has 3 nitrogen and oxygen atoms in total. The fourth-order valence-corrected chi connectivity index (χ4v) is 3.75. The van der Waals surface area contributed by atoms with E-state index >= 15 is 0 Å². The first-order valence-electron chi connectivity index (χ1n) is 9.00. The molecule has 0 radical (unpaired) electrons. The number of nitrogens with one attached hydrogen (secondary N) is 1. The molecule has 2 rings (SSSR count). The second kappa shape index (κ2) is 7.85. The van der Waals surface area contributed by atoms with Crippen molar-refractivity contribution in [3.63, 3.8) is 0 Å². The van der Waals surface area contributed by atoms with Crippen molar-refractivity contribution in [3.8, 4) is 0 Å². The molecule has 1 aliphatic heterocycles. The Kier molecular flexibility index (Phi) is 6.09. The first-order valence-corrected chi connectivity index (χ1v) is 9.00. The van der Waals surface area contributed by atoms with E-state index in [4.69, 9.17) is 0 Å². The maximum absolute atomic E-state index is 10.6. The summed E-state index contributed by atoms with van der Waals surface area (Å²) in [7, 11) is 0. The third kappa shape index (κ3) is 4.49. The molecule has 1 heterocycles. The van der Waals surface area contributed by atoms with Crippen LogP contribution in [-0.2, 0) is 11.2 Å². The summed E-state index contributed by atoms with van der Waals surface area (Å²) in [4.78, 5) is 13.1. The van der Waals surface area contributed by atoms with Crippen molar-refractivity contribution in [2.75, 3.05) is 18.0 Å². The Labute approximate surface area is 141 Å². The molecule has 1 aromatic rings. The van der Waals surface area contributed by atoms with Crippen LogP contribution in [0.4, 0.5) is 5.69 Å². The predicted octanol–water partition coefficient (Wildman–Crippen LogP) is 4.02. The third-order valence-electron chi connectivity index (χ3n) is 5.44. The summed E-state index contributed by atoms with van der Waals surface area (Å²) in [6.07, 6.45) is 5.64. The number of carbonyl (C=O) groups excluding carboxylic acids is 1. The van der Waals surface area contributed by atoms with Crippen LogP contribution in [0.1, 0.15) is 52.5 Å². The van der Waals surface area contributed by atoms with Gasteiger partial charge in [-0.1, -0.05) is 39.3 Å². The number of piperidine rings is 1. The highest BCUT2D eigenvalue weighted by Gasteiger charge is 2.38. The average Bonchev–Trinajstić information content (AvgIpc) is 2.54. The van der Waals surface area contributed by atoms with Crippen LogP contribution in [0.3, 0.4) is 0 Å². The lowest BCUT2D eigenvalue weighted by atomic mass is 9.73. The molecule has 0 bridgehead atoms. The Hall–Kier alpha value is -1.51. The number of aryl methyl sites for hydroxylation is 1. The lowest BCUT2D eigenvalue weighted by Gasteiger charge is -2.49. The van der Waals surface area contributed by atoms with Crippen LogP contribution in [0.2, 0.25) is 0 Å². The average molecular weight is 316 g/mol. The fourth-order valence-electron chi connectivity index (χ4n) is 3.75. The van der Waals surface area contributed by atoms with Gasteiger partial charge >= 0.3 is 0 Å². The maximum Gasteiger partial charge on any atom is 0.207 e. The number of rotatable bonds is 7. The minimum absolute atomic E-state index is 0.244. The number of carbonyl (C=O) groups is 1. The van der Waals surface area contributed by atoms with E-state index in [2.05, 4.69) is 62.2 Å². The highest BCUT2D eigenvalue weighted by atomic mass is 16.1. The van der Waals surface area contributed by atoms with Gasteiger partial charge in [0.25, 0.3) is 0 Å². The van der Waals surface area contributed by atoms with Crippen LogP contribution >= 0.6 is 0 Å². The molecule has 2 atom stereocenters. The molecule has 128 valence electrons. The molecule has 1 N–H and O–H groups in total. The molecule has 1 aromatic carbocycles. The topological polar surface area (TPSA) is 32.3 Å². The molecule has 2 unspecified atom stereocenters. The maximum atomic E-state index is 10.6. The second-order valence-corrected chi connectivity index (χ2v) is 7.68. The van der Waals surface area contributed by atoms with Crippen LogP contribution in [0.15, 0.2) is 24.3 Å². The van der Waals surface area contributed by atoms with Crippen LogP contribution in [0.25, 0.3) is 0 Å². The molecule has 1 fully saturated rings. The van der Waals surface area contributed by atoms with E-state index in [1.165, 1.54) is 30.5 Å².